The Balaban J connectivity index is 0.00000400. The molecule has 0 saturated heterocycles. The van der Waals surface area contributed by atoms with Crippen molar-refractivity contribution in [2.24, 2.45) is 15.9 Å². The second-order valence-electron chi connectivity index (χ2n) is 4.66. The summed E-state index contributed by atoms with van der Waals surface area (Å²) >= 11 is 0. The minimum atomic E-state index is -3.68. The van der Waals surface area contributed by atoms with Gasteiger partial charge in [0.25, 0.3) is 0 Å². The molecule has 1 aromatic carbocycles. The van der Waals surface area contributed by atoms with Crippen molar-refractivity contribution in [1.82, 2.24) is 5.32 Å². The van der Waals surface area contributed by atoms with Gasteiger partial charge in [0, 0.05) is 6.54 Å². The summed E-state index contributed by atoms with van der Waals surface area (Å²) < 4.78 is 22.6. The second-order valence-corrected chi connectivity index (χ2v) is 6.19. The molecule has 0 aromatic heterocycles. The third-order valence-electron chi connectivity index (χ3n) is 2.55. The molecule has 0 unspecified atom stereocenters. The van der Waals surface area contributed by atoms with Crippen LogP contribution in [-0.4, -0.2) is 20.9 Å². The van der Waals surface area contributed by atoms with Crippen molar-refractivity contribution in [3.8, 4) is 0 Å². The van der Waals surface area contributed by atoms with Crippen LogP contribution in [-0.2, 0) is 16.6 Å². The summed E-state index contributed by atoms with van der Waals surface area (Å²) in [6.45, 7) is 8.25. The summed E-state index contributed by atoms with van der Waals surface area (Å²) in [5, 5.41) is 8.02. The Morgan fingerprint density at radius 1 is 1.43 bits per heavy atom. The lowest BCUT2D eigenvalue weighted by Gasteiger charge is -2.07. The Morgan fingerprint density at radius 2 is 2.05 bits per heavy atom. The number of sulfonamides is 1. The molecule has 1 rings (SSSR count). The van der Waals surface area contributed by atoms with Gasteiger partial charge in [0.05, 0.1) is 11.4 Å². The molecule has 21 heavy (non-hydrogen) atoms. The van der Waals surface area contributed by atoms with Crippen LogP contribution in [0.1, 0.15) is 18.1 Å². The highest BCUT2D eigenvalue weighted by Crippen LogP contribution is 2.15. The maximum atomic E-state index is 11.3. The van der Waals surface area contributed by atoms with Crippen molar-refractivity contribution in [3.63, 3.8) is 0 Å². The topological polar surface area (TPSA) is 111 Å². The smallest absolute Gasteiger partial charge is 0.238 e. The van der Waals surface area contributed by atoms with Crippen molar-refractivity contribution in [2.75, 3.05) is 6.54 Å². The van der Waals surface area contributed by atoms with Crippen LogP contribution in [0.2, 0.25) is 0 Å². The van der Waals surface area contributed by atoms with Crippen LogP contribution in [0.5, 0.6) is 0 Å². The SMILES string of the molecule is C=C(C)CNC(N)=NCc1ccc(S(N)(=O)=O)c(C)c1.I. The molecule has 0 spiro atoms. The Labute approximate surface area is 142 Å². The van der Waals surface area contributed by atoms with Gasteiger partial charge in [-0.05, 0) is 31.0 Å². The van der Waals surface area contributed by atoms with Crippen LogP contribution in [0.4, 0.5) is 0 Å². The molecule has 6 nitrogen and oxygen atoms in total. The molecule has 0 aliphatic heterocycles. The van der Waals surface area contributed by atoms with Crippen LogP contribution in [0.3, 0.4) is 0 Å². The summed E-state index contributed by atoms with van der Waals surface area (Å²) in [5.74, 6) is 0.321. The lowest BCUT2D eigenvalue weighted by atomic mass is 10.1. The first-order valence-corrected chi connectivity index (χ1v) is 7.55. The summed E-state index contributed by atoms with van der Waals surface area (Å²) in [6.07, 6.45) is 0. The molecule has 0 heterocycles. The minimum Gasteiger partial charge on any atom is -0.370 e. The van der Waals surface area contributed by atoms with E-state index in [1.165, 1.54) is 6.07 Å². The number of rotatable bonds is 5. The van der Waals surface area contributed by atoms with Gasteiger partial charge in [-0.3, -0.25) is 0 Å². The number of guanidine groups is 1. The van der Waals surface area contributed by atoms with Crippen molar-refractivity contribution in [2.45, 2.75) is 25.3 Å². The molecule has 0 atom stereocenters. The van der Waals surface area contributed by atoms with E-state index in [0.29, 0.717) is 24.6 Å². The predicted octanol–water partition coefficient (Wildman–Crippen LogP) is 1.24. The third kappa shape index (κ3) is 6.91. The lowest BCUT2D eigenvalue weighted by Crippen LogP contribution is -2.32. The van der Waals surface area contributed by atoms with Crippen LogP contribution < -0.4 is 16.2 Å². The van der Waals surface area contributed by atoms with E-state index < -0.39 is 10.0 Å². The maximum absolute atomic E-state index is 11.3. The molecule has 0 bridgehead atoms. The number of benzene rings is 1. The summed E-state index contributed by atoms with van der Waals surface area (Å²) in [6, 6.07) is 4.88. The molecule has 5 N–H and O–H groups in total. The van der Waals surface area contributed by atoms with Crippen LogP contribution in [0.15, 0.2) is 40.2 Å². The van der Waals surface area contributed by atoms with Gasteiger partial charge < -0.3 is 11.1 Å². The standard InChI is InChI=1S/C13H20N4O2S.HI/c1-9(2)7-16-13(14)17-8-11-4-5-12(10(3)6-11)20(15,18)19;/h4-6H,1,7-8H2,2-3H3,(H3,14,16,17)(H2,15,18,19);1H. The predicted molar refractivity (Wildman–Crippen MR) is 96.1 cm³/mol. The number of primary sulfonamides is 1. The first-order chi connectivity index (χ1) is 9.20. The Morgan fingerprint density at radius 3 is 2.52 bits per heavy atom. The van der Waals surface area contributed by atoms with Gasteiger partial charge >= 0.3 is 0 Å². The van der Waals surface area contributed by atoms with Crippen molar-refractivity contribution in [3.05, 3.63) is 41.5 Å². The fourth-order valence-electron chi connectivity index (χ4n) is 1.60. The molecular formula is C13H21IN4O2S. The van der Waals surface area contributed by atoms with Crippen LogP contribution in [0.25, 0.3) is 0 Å². The molecule has 0 aliphatic rings. The number of hydrogen-bond donors (Lipinski definition) is 3. The van der Waals surface area contributed by atoms with Gasteiger partial charge in [-0.25, -0.2) is 18.5 Å². The molecule has 8 heteroatoms. The van der Waals surface area contributed by atoms with Gasteiger partial charge in [-0.15, -0.1) is 24.0 Å². The average molecular weight is 424 g/mol. The monoisotopic (exact) mass is 424 g/mol. The van der Waals surface area contributed by atoms with Gasteiger partial charge in [-0.1, -0.05) is 24.3 Å². The fourth-order valence-corrected chi connectivity index (χ4v) is 2.37. The number of halogens is 1. The lowest BCUT2D eigenvalue weighted by molar-refractivity contribution is 0.597. The Bertz CT molecular complexity index is 642. The van der Waals surface area contributed by atoms with Gasteiger partial charge in [-0.2, -0.15) is 0 Å². The van der Waals surface area contributed by atoms with Gasteiger partial charge in [0.15, 0.2) is 5.96 Å². The van der Waals surface area contributed by atoms with E-state index in [4.69, 9.17) is 10.9 Å². The van der Waals surface area contributed by atoms with E-state index >= 15 is 0 Å². The van der Waals surface area contributed by atoms with Crippen molar-refractivity contribution in [1.29, 1.82) is 0 Å². The number of nitrogens with one attached hydrogen (secondary N) is 1. The summed E-state index contributed by atoms with van der Waals surface area (Å²) in [5.41, 5.74) is 8.09. The number of aliphatic imine (C=N–C) groups is 1. The average Bonchev–Trinajstić information content (AvgIpc) is 2.32. The Kier molecular flexibility index (Phi) is 7.90. The highest BCUT2D eigenvalue weighted by atomic mass is 127. The highest BCUT2D eigenvalue weighted by molar-refractivity contribution is 14.0. The van der Waals surface area contributed by atoms with Crippen molar-refractivity contribution >= 4 is 40.0 Å². The zero-order valence-corrected chi connectivity index (χ0v) is 15.2. The molecular weight excluding hydrogens is 403 g/mol. The van der Waals surface area contributed by atoms with Crippen LogP contribution >= 0.6 is 24.0 Å². The van der Waals surface area contributed by atoms with Gasteiger partial charge in [0.1, 0.15) is 0 Å². The number of nitrogens with two attached hydrogens (primary N) is 2. The number of nitrogens with zero attached hydrogens (tertiary/aromatic N) is 1. The van der Waals surface area contributed by atoms with Gasteiger partial charge in [0.2, 0.25) is 10.0 Å². The third-order valence-corrected chi connectivity index (χ3v) is 3.62. The zero-order valence-electron chi connectivity index (χ0n) is 12.1. The largest absolute Gasteiger partial charge is 0.370 e. The molecule has 118 valence electrons. The number of aryl methyl sites for hydroxylation is 1. The fraction of sp³-hybridized carbons (Fsp3) is 0.308. The molecule has 0 amide bonds. The van der Waals surface area contributed by atoms with E-state index in [2.05, 4.69) is 16.9 Å². The molecule has 1 aromatic rings. The molecule has 0 saturated carbocycles. The van der Waals surface area contributed by atoms with Crippen molar-refractivity contribution < 1.29 is 8.42 Å². The summed E-state index contributed by atoms with van der Waals surface area (Å²) in [7, 11) is -3.68. The van der Waals surface area contributed by atoms with Crippen LogP contribution in [0, 0.1) is 6.92 Å². The quantitative estimate of drug-likeness (QED) is 0.286. The highest BCUT2D eigenvalue weighted by Gasteiger charge is 2.11. The first kappa shape index (κ1) is 19.9. The Hall–Kier alpha value is -1.13. The molecule has 0 fully saturated rings. The first-order valence-electron chi connectivity index (χ1n) is 6.00. The molecule has 0 aliphatic carbocycles. The second kappa shape index (κ2) is 8.35. The molecule has 0 radical (unpaired) electrons. The normalized spacial score (nSPS) is 11.7. The maximum Gasteiger partial charge on any atom is 0.238 e. The van der Waals surface area contributed by atoms with E-state index in [-0.39, 0.29) is 28.9 Å². The zero-order chi connectivity index (χ0) is 15.3. The van der Waals surface area contributed by atoms with E-state index in [9.17, 15) is 8.42 Å². The van der Waals surface area contributed by atoms with E-state index in [1.54, 1.807) is 19.1 Å². The van der Waals surface area contributed by atoms with E-state index in [1.807, 2.05) is 6.92 Å². The minimum absolute atomic E-state index is 0. The van der Waals surface area contributed by atoms with E-state index in [0.717, 1.165) is 11.1 Å². The number of hydrogen-bond acceptors (Lipinski definition) is 3. The summed E-state index contributed by atoms with van der Waals surface area (Å²) in [4.78, 5) is 4.28.